The van der Waals surface area contributed by atoms with Crippen LogP contribution in [0.3, 0.4) is 0 Å². The molecule has 0 bridgehead atoms. The van der Waals surface area contributed by atoms with Crippen LogP contribution in [0.4, 0.5) is 5.82 Å². The molecule has 22 heavy (non-hydrogen) atoms. The first-order valence-corrected chi connectivity index (χ1v) is 8.72. The predicted molar refractivity (Wildman–Crippen MR) is 91.4 cm³/mol. The number of hydrogen-bond donors (Lipinski definition) is 1. The molecule has 1 aliphatic heterocycles. The fraction of sp³-hybridized carbons (Fsp3) is 0.267. The lowest BCUT2D eigenvalue weighted by atomic mass is 10.1. The summed E-state index contributed by atoms with van der Waals surface area (Å²) in [5, 5.41) is 6.26. The lowest BCUT2D eigenvalue weighted by molar-refractivity contribution is -0.115. The van der Waals surface area contributed by atoms with Crippen molar-refractivity contribution in [1.82, 2.24) is 5.16 Å². The Hall–Kier alpha value is -1.73. The third-order valence-electron chi connectivity index (χ3n) is 3.00. The summed E-state index contributed by atoms with van der Waals surface area (Å²) >= 11 is 3.17. The van der Waals surface area contributed by atoms with E-state index in [9.17, 15) is 4.79 Å². The highest BCUT2D eigenvalue weighted by Crippen LogP contribution is 2.36. The van der Waals surface area contributed by atoms with E-state index in [1.807, 2.05) is 30.3 Å². The summed E-state index contributed by atoms with van der Waals surface area (Å²) in [7, 11) is 0. The molecule has 5 nitrogen and oxygen atoms in total. The number of nitrogens with zero attached hydrogens (tertiary/aromatic N) is 2. The summed E-state index contributed by atoms with van der Waals surface area (Å²) in [6.45, 7) is 2.61. The molecular weight excluding hydrogens is 318 g/mol. The van der Waals surface area contributed by atoms with Crippen molar-refractivity contribution < 1.29 is 9.32 Å². The molecule has 3 rings (SSSR count). The van der Waals surface area contributed by atoms with Gasteiger partial charge in [-0.2, -0.15) is 0 Å². The van der Waals surface area contributed by atoms with Crippen molar-refractivity contribution in [2.45, 2.75) is 12.2 Å². The van der Waals surface area contributed by atoms with Gasteiger partial charge in [0, 0.05) is 11.8 Å². The molecule has 1 amide bonds. The van der Waals surface area contributed by atoms with Gasteiger partial charge in [0.2, 0.25) is 5.91 Å². The first-order chi connectivity index (χ1) is 10.7. The fourth-order valence-electron chi connectivity index (χ4n) is 2.01. The summed E-state index contributed by atoms with van der Waals surface area (Å²) in [6, 6.07) is 11.4. The van der Waals surface area contributed by atoms with Crippen molar-refractivity contribution >= 4 is 39.6 Å². The van der Waals surface area contributed by atoms with E-state index in [4.69, 9.17) is 4.52 Å². The van der Waals surface area contributed by atoms with Gasteiger partial charge >= 0.3 is 0 Å². The minimum atomic E-state index is -0.359. The lowest BCUT2D eigenvalue weighted by Gasteiger charge is -2.15. The second kappa shape index (κ2) is 7.02. The zero-order valence-electron chi connectivity index (χ0n) is 12.0. The molecule has 1 aromatic carbocycles. The Bertz CT molecular complexity index is 685. The van der Waals surface area contributed by atoms with Gasteiger partial charge in [-0.05, 0) is 12.5 Å². The van der Waals surface area contributed by atoms with Crippen LogP contribution in [-0.4, -0.2) is 27.7 Å². The fourth-order valence-corrected chi connectivity index (χ4v) is 4.18. The third-order valence-corrected chi connectivity index (χ3v) is 5.45. The van der Waals surface area contributed by atoms with E-state index in [2.05, 4.69) is 15.5 Å². The first-order valence-electron chi connectivity index (χ1n) is 6.85. The minimum Gasteiger partial charge on any atom is -0.360 e. The third kappa shape index (κ3) is 3.72. The van der Waals surface area contributed by atoms with Gasteiger partial charge in [0.15, 0.2) is 5.82 Å². The topological polar surface area (TPSA) is 67.5 Å². The number of carbonyl (C=O) groups excluding carboxylic acids is 1. The van der Waals surface area contributed by atoms with Crippen molar-refractivity contribution in [2.75, 3.05) is 17.6 Å². The van der Waals surface area contributed by atoms with Crippen molar-refractivity contribution in [3.63, 3.8) is 0 Å². The van der Waals surface area contributed by atoms with E-state index >= 15 is 0 Å². The quantitative estimate of drug-likeness (QED) is 0.927. The van der Waals surface area contributed by atoms with Crippen molar-refractivity contribution in [1.29, 1.82) is 0 Å². The summed E-state index contributed by atoms with van der Waals surface area (Å²) in [4.78, 5) is 17.1. The van der Waals surface area contributed by atoms with Gasteiger partial charge in [-0.15, -0.1) is 0 Å². The maximum absolute atomic E-state index is 12.6. The van der Waals surface area contributed by atoms with E-state index in [0.29, 0.717) is 11.6 Å². The number of amides is 1. The Morgan fingerprint density at radius 1 is 1.41 bits per heavy atom. The number of hydrogen-bond acceptors (Lipinski definition) is 6. The Kier molecular flexibility index (Phi) is 4.84. The summed E-state index contributed by atoms with van der Waals surface area (Å²) in [6.07, 6.45) is 0. The monoisotopic (exact) mass is 333 g/mol. The number of rotatable bonds is 4. The van der Waals surface area contributed by atoms with Gasteiger partial charge in [0.05, 0.1) is 6.54 Å². The van der Waals surface area contributed by atoms with Crippen LogP contribution in [0.25, 0.3) is 0 Å². The zero-order chi connectivity index (χ0) is 15.4. The minimum absolute atomic E-state index is 0.125. The molecule has 114 valence electrons. The van der Waals surface area contributed by atoms with Gasteiger partial charge in [-0.1, -0.05) is 59.0 Å². The molecule has 0 radical (unpaired) electrons. The standard InChI is InChI=1S/C15H15N3O2S2/c1-10-9-12(18-20-10)17-14(19)13(11-5-3-2-4-6-11)22-15-16-7-8-21-15/h2-6,9,13H,7-8H2,1H3,(H,17,18,19)/t13-/m0/s1. The SMILES string of the molecule is Cc1cc(NC(=O)[C@@H](SC2=NCCS2)c2ccccc2)no1. The molecule has 0 spiro atoms. The number of aryl methyl sites for hydroxylation is 1. The molecular formula is C15H15N3O2S2. The molecule has 2 heterocycles. The van der Waals surface area contributed by atoms with Crippen LogP contribution in [0, 0.1) is 6.92 Å². The van der Waals surface area contributed by atoms with E-state index in [1.165, 1.54) is 11.8 Å². The Morgan fingerprint density at radius 3 is 2.86 bits per heavy atom. The molecule has 7 heteroatoms. The molecule has 1 aromatic heterocycles. The molecule has 1 atom stereocenters. The number of nitrogens with one attached hydrogen (secondary N) is 1. The number of carbonyl (C=O) groups is 1. The number of benzene rings is 1. The second-order valence-corrected chi connectivity index (χ2v) is 7.15. The molecule has 0 aliphatic carbocycles. The van der Waals surface area contributed by atoms with Crippen LogP contribution in [0.1, 0.15) is 16.6 Å². The molecule has 0 fully saturated rings. The maximum Gasteiger partial charge on any atom is 0.243 e. The van der Waals surface area contributed by atoms with E-state index in [0.717, 1.165) is 22.2 Å². The highest BCUT2D eigenvalue weighted by Gasteiger charge is 2.25. The van der Waals surface area contributed by atoms with Crippen LogP contribution >= 0.6 is 23.5 Å². The Labute approximate surface area is 136 Å². The number of thioether (sulfide) groups is 2. The van der Waals surface area contributed by atoms with Crippen LogP contribution < -0.4 is 5.32 Å². The second-order valence-electron chi connectivity index (χ2n) is 4.72. The van der Waals surface area contributed by atoms with Gasteiger partial charge in [-0.3, -0.25) is 9.79 Å². The van der Waals surface area contributed by atoms with Crippen LogP contribution in [0.15, 0.2) is 45.9 Å². The predicted octanol–water partition coefficient (Wildman–Crippen LogP) is 3.50. The Balaban J connectivity index is 1.79. The normalized spacial score (nSPS) is 15.4. The largest absolute Gasteiger partial charge is 0.360 e. The average molecular weight is 333 g/mol. The summed E-state index contributed by atoms with van der Waals surface area (Å²) in [5.41, 5.74) is 0.945. The van der Waals surface area contributed by atoms with Crippen molar-refractivity contribution in [3.8, 4) is 0 Å². The van der Waals surface area contributed by atoms with Gasteiger partial charge in [0.25, 0.3) is 0 Å². The number of anilines is 1. The van der Waals surface area contributed by atoms with Crippen LogP contribution in [-0.2, 0) is 4.79 Å². The van der Waals surface area contributed by atoms with Crippen molar-refractivity contribution in [2.24, 2.45) is 4.99 Å². The molecule has 0 saturated carbocycles. The van der Waals surface area contributed by atoms with E-state index < -0.39 is 0 Å². The molecule has 0 unspecified atom stereocenters. The average Bonchev–Trinajstić information content (AvgIpc) is 3.17. The molecule has 1 aliphatic rings. The lowest BCUT2D eigenvalue weighted by Crippen LogP contribution is -2.20. The highest BCUT2D eigenvalue weighted by atomic mass is 32.2. The highest BCUT2D eigenvalue weighted by molar-refractivity contribution is 8.39. The zero-order valence-corrected chi connectivity index (χ0v) is 13.6. The van der Waals surface area contributed by atoms with Crippen LogP contribution in [0.2, 0.25) is 0 Å². The van der Waals surface area contributed by atoms with E-state index in [1.54, 1.807) is 24.8 Å². The van der Waals surface area contributed by atoms with Crippen molar-refractivity contribution in [3.05, 3.63) is 47.7 Å². The number of aromatic nitrogens is 1. The van der Waals surface area contributed by atoms with Gasteiger partial charge < -0.3 is 9.84 Å². The maximum atomic E-state index is 12.6. The van der Waals surface area contributed by atoms with Gasteiger partial charge in [-0.25, -0.2) is 0 Å². The van der Waals surface area contributed by atoms with E-state index in [-0.39, 0.29) is 11.2 Å². The first kappa shape index (κ1) is 15.2. The summed E-state index contributed by atoms with van der Waals surface area (Å²) < 4.78 is 5.94. The number of aliphatic imine (C=N–C) groups is 1. The molecule has 2 aromatic rings. The molecule has 1 N–H and O–H groups in total. The molecule has 0 saturated heterocycles. The van der Waals surface area contributed by atoms with Crippen LogP contribution in [0.5, 0.6) is 0 Å². The smallest absolute Gasteiger partial charge is 0.243 e. The Morgan fingerprint density at radius 2 is 2.23 bits per heavy atom. The van der Waals surface area contributed by atoms with Gasteiger partial charge in [0.1, 0.15) is 15.4 Å². The summed E-state index contributed by atoms with van der Waals surface area (Å²) in [5.74, 6) is 1.95.